The van der Waals surface area contributed by atoms with E-state index >= 15 is 0 Å². The van der Waals surface area contributed by atoms with Crippen molar-refractivity contribution in [1.82, 2.24) is 0 Å². The minimum absolute atomic E-state index is 0.189. The highest BCUT2D eigenvalue weighted by Crippen LogP contribution is 2.15. The van der Waals surface area contributed by atoms with Gasteiger partial charge >= 0.3 is 0 Å². The first kappa shape index (κ1) is 7.69. The molecule has 0 aromatic heterocycles. The summed E-state index contributed by atoms with van der Waals surface area (Å²) in [7, 11) is 0. The average molecular weight is 144 g/mol. The highest BCUT2D eigenvalue weighted by atomic mass is 16.7. The summed E-state index contributed by atoms with van der Waals surface area (Å²) in [5, 5.41) is 0. The Hall–Kier alpha value is -0.410. The van der Waals surface area contributed by atoms with Gasteiger partial charge in [0.05, 0.1) is 6.61 Å². The van der Waals surface area contributed by atoms with E-state index in [4.69, 9.17) is 9.47 Å². The van der Waals surface area contributed by atoms with E-state index in [-0.39, 0.29) is 18.3 Å². The lowest BCUT2D eigenvalue weighted by Crippen LogP contribution is -2.38. The van der Waals surface area contributed by atoms with Crippen LogP contribution in [0.4, 0.5) is 0 Å². The summed E-state index contributed by atoms with van der Waals surface area (Å²) < 4.78 is 10.3. The zero-order valence-electron chi connectivity index (χ0n) is 6.24. The first-order valence-corrected chi connectivity index (χ1v) is 3.46. The molecule has 10 heavy (non-hydrogen) atoms. The van der Waals surface area contributed by atoms with Gasteiger partial charge in [-0.2, -0.15) is 0 Å². The second kappa shape index (κ2) is 3.12. The Morgan fingerprint density at radius 2 is 2.20 bits per heavy atom. The van der Waals surface area contributed by atoms with Crippen LogP contribution < -0.4 is 0 Å². The van der Waals surface area contributed by atoms with Gasteiger partial charge in [-0.25, -0.2) is 0 Å². The number of ether oxygens (including phenoxy) is 2. The van der Waals surface area contributed by atoms with Gasteiger partial charge in [-0.05, 0) is 6.92 Å². The Kier molecular flexibility index (Phi) is 2.40. The van der Waals surface area contributed by atoms with Crippen LogP contribution >= 0.6 is 0 Å². The fourth-order valence-electron chi connectivity index (χ4n) is 0.943. The predicted molar refractivity (Wildman–Crippen MR) is 35.5 cm³/mol. The molecule has 1 aliphatic rings. The van der Waals surface area contributed by atoms with E-state index < -0.39 is 0 Å². The maximum atomic E-state index is 10.3. The Bertz CT molecular complexity index is 124. The van der Waals surface area contributed by atoms with Crippen molar-refractivity contribution < 1.29 is 14.3 Å². The summed E-state index contributed by atoms with van der Waals surface area (Å²) in [5.41, 5.74) is 0. The molecule has 0 saturated carbocycles. The maximum absolute atomic E-state index is 10.3. The van der Waals surface area contributed by atoms with Crippen LogP contribution in [0.15, 0.2) is 0 Å². The van der Waals surface area contributed by atoms with E-state index in [1.54, 1.807) is 6.92 Å². The fourth-order valence-corrected chi connectivity index (χ4v) is 0.943. The lowest BCUT2D eigenvalue weighted by atomic mass is 10.1. The SMILES string of the molecule is C[C@H]1OC[C@@H](C)[C@@H](C=O)O1. The zero-order valence-corrected chi connectivity index (χ0v) is 6.24. The third kappa shape index (κ3) is 1.55. The van der Waals surface area contributed by atoms with Crippen molar-refractivity contribution in [1.29, 1.82) is 0 Å². The van der Waals surface area contributed by atoms with Crippen molar-refractivity contribution >= 4 is 6.29 Å². The van der Waals surface area contributed by atoms with Gasteiger partial charge in [0.2, 0.25) is 0 Å². The number of aldehydes is 1. The number of carbonyl (C=O) groups is 1. The van der Waals surface area contributed by atoms with Gasteiger partial charge in [-0.15, -0.1) is 0 Å². The molecular weight excluding hydrogens is 132 g/mol. The van der Waals surface area contributed by atoms with Crippen molar-refractivity contribution in [2.45, 2.75) is 26.2 Å². The lowest BCUT2D eigenvalue weighted by Gasteiger charge is -2.29. The lowest BCUT2D eigenvalue weighted by molar-refractivity contribution is -0.217. The normalized spacial score (nSPS) is 41.2. The van der Waals surface area contributed by atoms with Crippen molar-refractivity contribution in [3.8, 4) is 0 Å². The standard InChI is InChI=1S/C7H12O3/c1-5-4-9-6(2)10-7(5)3-8/h3,5-7H,4H2,1-2H3/t5-,6+,7-/m1/s1. The summed E-state index contributed by atoms with van der Waals surface area (Å²) in [6.45, 7) is 4.35. The molecular formula is C7H12O3. The van der Waals surface area contributed by atoms with Crippen molar-refractivity contribution in [3.05, 3.63) is 0 Å². The largest absolute Gasteiger partial charge is 0.353 e. The first-order chi connectivity index (χ1) is 4.74. The molecule has 1 rings (SSSR count). The quantitative estimate of drug-likeness (QED) is 0.505. The molecule has 0 unspecified atom stereocenters. The first-order valence-electron chi connectivity index (χ1n) is 3.46. The van der Waals surface area contributed by atoms with Gasteiger partial charge in [0.1, 0.15) is 12.4 Å². The molecule has 1 aliphatic heterocycles. The van der Waals surface area contributed by atoms with Crippen LogP contribution in [0.1, 0.15) is 13.8 Å². The highest BCUT2D eigenvalue weighted by molar-refractivity contribution is 5.56. The molecule has 0 radical (unpaired) electrons. The van der Waals surface area contributed by atoms with Crippen LogP contribution in [0.25, 0.3) is 0 Å². The van der Waals surface area contributed by atoms with Crippen molar-refractivity contribution in [2.75, 3.05) is 6.61 Å². The Labute approximate surface area is 60.3 Å². The predicted octanol–water partition coefficient (Wildman–Crippen LogP) is 0.583. The second-order valence-corrected chi connectivity index (χ2v) is 2.62. The van der Waals surface area contributed by atoms with Crippen LogP contribution in [0.2, 0.25) is 0 Å². The molecule has 0 bridgehead atoms. The monoisotopic (exact) mass is 144 g/mol. The highest BCUT2D eigenvalue weighted by Gasteiger charge is 2.25. The number of carbonyl (C=O) groups excluding carboxylic acids is 1. The summed E-state index contributed by atoms with van der Waals surface area (Å²) >= 11 is 0. The second-order valence-electron chi connectivity index (χ2n) is 2.62. The van der Waals surface area contributed by atoms with E-state index in [1.165, 1.54) is 0 Å². The van der Waals surface area contributed by atoms with Crippen molar-refractivity contribution in [3.63, 3.8) is 0 Å². The van der Waals surface area contributed by atoms with Crippen LogP contribution in [-0.4, -0.2) is 25.3 Å². The van der Waals surface area contributed by atoms with Crippen LogP contribution in [0.5, 0.6) is 0 Å². The summed E-state index contributed by atoms with van der Waals surface area (Å²) in [4.78, 5) is 10.3. The van der Waals surface area contributed by atoms with Gasteiger partial charge < -0.3 is 14.3 Å². The molecule has 0 amide bonds. The van der Waals surface area contributed by atoms with E-state index in [9.17, 15) is 4.79 Å². The van der Waals surface area contributed by atoms with Gasteiger partial charge in [-0.1, -0.05) is 6.92 Å². The third-order valence-corrected chi connectivity index (χ3v) is 1.64. The molecule has 3 heteroatoms. The molecule has 3 nitrogen and oxygen atoms in total. The summed E-state index contributed by atoms with van der Waals surface area (Å²) in [6, 6.07) is 0. The van der Waals surface area contributed by atoms with Gasteiger partial charge in [-0.3, -0.25) is 0 Å². The Morgan fingerprint density at radius 1 is 1.50 bits per heavy atom. The number of hydrogen-bond donors (Lipinski definition) is 0. The summed E-state index contributed by atoms with van der Waals surface area (Å²) in [5.74, 6) is 0.189. The molecule has 0 spiro atoms. The van der Waals surface area contributed by atoms with E-state index in [0.29, 0.717) is 6.61 Å². The van der Waals surface area contributed by atoms with Gasteiger partial charge in [0.25, 0.3) is 0 Å². The van der Waals surface area contributed by atoms with Crippen LogP contribution in [-0.2, 0) is 14.3 Å². The number of rotatable bonds is 1. The Morgan fingerprint density at radius 3 is 2.70 bits per heavy atom. The minimum Gasteiger partial charge on any atom is -0.353 e. The molecule has 1 fully saturated rings. The number of hydrogen-bond acceptors (Lipinski definition) is 3. The zero-order chi connectivity index (χ0) is 7.56. The topological polar surface area (TPSA) is 35.5 Å². The molecule has 1 saturated heterocycles. The van der Waals surface area contributed by atoms with Crippen LogP contribution in [0.3, 0.4) is 0 Å². The van der Waals surface area contributed by atoms with E-state index in [2.05, 4.69) is 0 Å². The molecule has 3 atom stereocenters. The summed E-state index contributed by atoms with van der Waals surface area (Å²) in [6.07, 6.45) is 0.332. The van der Waals surface area contributed by atoms with Gasteiger partial charge in [0, 0.05) is 5.92 Å². The van der Waals surface area contributed by atoms with Crippen molar-refractivity contribution in [2.24, 2.45) is 5.92 Å². The molecule has 0 aromatic rings. The van der Waals surface area contributed by atoms with Gasteiger partial charge in [0.15, 0.2) is 6.29 Å². The Balaban J connectivity index is 2.45. The van der Waals surface area contributed by atoms with E-state index in [0.717, 1.165) is 6.29 Å². The van der Waals surface area contributed by atoms with Crippen LogP contribution in [0, 0.1) is 5.92 Å². The smallest absolute Gasteiger partial charge is 0.155 e. The van der Waals surface area contributed by atoms with E-state index in [1.807, 2.05) is 6.92 Å². The minimum atomic E-state index is -0.274. The third-order valence-electron chi connectivity index (χ3n) is 1.64. The molecule has 0 aromatic carbocycles. The molecule has 58 valence electrons. The fraction of sp³-hybridized carbons (Fsp3) is 0.857. The molecule has 0 aliphatic carbocycles. The molecule has 1 heterocycles. The molecule has 0 N–H and O–H groups in total. The maximum Gasteiger partial charge on any atom is 0.155 e. The average Bonchev–Trinajstić information content (AvgIpc) is 1.94.